The van der Waals surface area contributed by atoms with Crippen LogP contribution in [0.1, 0.15) is 22.3 Å². The van der Waals surface area contributed by atoms with Crippen LogP contribution in [0.3, 0.4) is 0 Å². The van der Waals surface area contributed by atoms with E-state index < -0.39 is 0 Å². The van der Waals surface area contributed by atoms with E-state index in [1.54, 1.807) is 36.4 Å². The second-order valence-corrected chi connectivity index (χ2v) is 8.96. The number of imide groups is 1. The highest BCUT2D eigenvalue weighted by atomic mass is 32.2. The van der Waals surface area contributed by atoms with Gasteiger partial charge in [-0.2, -0.15) is 5.26 Å². The van der Waals surface area contributed by atoms with Crippen LogP contribution in [0.5, 0.6) is 17.2 Å². The minimum atomic E-state index is -0.356. The Bertz CT molecular complexity index is 1360. The Kier molecular flexibility index (Phi) is 7.93. The molecule has 1 saturated heterocycles. The Morgan fingerprint density at radius 1 is 1.00 bits per heavy atom. The van der Waals surface area contributed by atoms with Gasteiger partial charge in [-0.1, -0.05) is 36.4 Å². The van der Waals surface area contributed by atoms with Gasteiger partial charge in [-0.05, 0) is 66.2 Å². The molecule has 1 fully saturated rings. The van der Waals surface area contributed by atoms with Crippen LogP contribution in [0.25, 0.3) is 6.08 Å². The molecule has 3 aromatic carbocycles. The van der Waals surface area contributed by atoms with Crippen LogP contribution in [0, 0.1) is 18.3 Å². The maximum Gasteiger partial charge on any atom is 0.293 e. The first-order valence-corrected chi connectivity index (χ1v) is 12.0. The number of thioether (sulfide) groups is 1. The fourth-order valence-corrected chi connectivity index (χ4v) is 4.47. The summed E-state index contributed by atoms with van der Waals surface area (Å²) in [5.41, 5.74) is 3.08. The average molecular weight is 501 g/mol. The lowest BCUT2D eigenvalue weighted by Gasteiger charge is -2.13. The third kappa shape index (κ3) is 5.88. The van der Waals surface area contributed by atoms with Crippen molar-refractivity contribution in [1.29, 1.82) is 5.26 Å². The van der Waals surface area contributed by atoms with Gasteiger partial charge in [0.15, 0.2) is 11.5 Å². The first kappa shape index (κ1) is 24.9. The molecule has 2 amide bonds. The maximum absolute atomic E-state index is 12.8. The van der Waals surface area contributed by atoms with Crippen molar-refractivity contribution in [3.63, 3.8) is 0 Å². The third-order valence-electron chi connectivity index (χ3n) is 5.45. The highest BCUT2D eigenvalue weighted by Crippen LogP contribution is 2.34. The molecule has 1 aliphatic rings. The molecular weight excluding hydrogens is 476 g/mol. The minimum absolute atomic E-state index is 0.163. The lowest BCUT2D eigenvalue weighted by atomic mass is 10.1. The second-order valence-electron chi connectivity index (χ2n) is 7.97. The number of nitriles is 1. The molecule has 3 aromatic rings. The number of hydrogen-bond donors (Lipinski definition) is 0. The Morgan fingerprint density at radius 2 is 1.83 bits per heavy atom. The van der Waals surface area contributed by atoms with Crippen LogP contribution in [0.4, 0.5) is 4.79 Å². The third-order valence-corrected chi connectivity index (χ3v) is 6.36. The molecule has 0 N–H and O–H groups in total. The normalized spacial score (nSPS) is 14.1. The van der Waals surface area contributed by atoms with Gasteiger partial charge in [0.05, 0.1) is 30.2 Å². The number of aryl methyl sites for hydroxylation is 1. The summed E-state index contributed by atoms with van der Waals surface area (Å²) < 4.78 is 17.0. The Morgan fingerprint density at radius 3 is 2.61 bits per heavy atom. The molecule has 182 valence electrons. The fourth-order valence-electron chi connectivity index (χ4n) is 3.61. The molecule has 1 aliphatic heterocycles. The SMILES string of the molecule is COc1cc(/C=C2\SC(=O)N(CCOc3cccc(C)c3)C2=O)ccc1OCc1ccccc1C#N. The summed E-state index contributed by atoms with van der Waals surface area (Å²) in [4.78, 5) is 26.8. The van der Waals surface area contributed by atoms with Crippen molar-refractivity contribution >= 4 is 29.0 Å². The predicted molar refractivity (Wildman–Crippen MR) is 138 cm³/mol. The summed E-state index contributed by atoms with van der Waals surface area (Å²) in [5.74, 6) is 1.32. The van der Waals surface area contributed by atoms with Crippen molar-refractivity contribution < 1.29 is 23.8 Å². The molecule has 8 heteroatoms. The first-order valence-electron chi connectivity index (χ1n) is 11.2. The maximum atomic E-state index is 12.8. The van der Waals surface area contributed by atoms with Crippen LogP contribution >= 0.6 is 11.8 Å². The Balaban J connectivity index is 1.41. The minimum Gasteiger partial charge on any atom is -0.493 e. The first-order chi connectivity index (χ1) is 17.5. The highest BCUT2D eigenvalue weighted by Gasteiger charge is 2.34. The Hall–Kier alpha value is -4.22. The molecular formula is C28H24N2O5S. The van der Waals surface area contributed by atoms with E-state index in [2.05, 4.69) is 6.07 Å². The molecule has 36 heavy (non-hydrogen) atoms. The smallest absolute Gasteiger partial charge is 0.293 e. The number of carbonyl (C=O) groups is 2. The molecule has 0 radical (unpaired) electrons. The zero-order valence-corrected chi connectivity index (χ0v) is 20.7. The van der Waals surface area contributed by atoms with E-state index in [0.717, 1.165) is 22.9 Å². The van der Waals surface area contributed by atoms with E-state index in [1.807, 2.05) is 43.3 Å². The van der Waals surface area contributed by atoms with Gasteiger partial charge in [0.1, 0.15) is 19.0 Å². The standard InChI is InChI=1S/C28H24N2O5S/c1-19-6-5-9-23(14-19)34-13-12-30-27(31)26(36-28(30)32)16-20-10-11-24(25(15-20)33-2)35-18-22-8-4-3-7-21(22)17-29/h3-11,14-16H,12-13,18H2,1-2H3/b26-16-. The van der Waals surface area contributed by atoms with Crippen molar-refractivity contribution in [2.24, 2.45) is 0 Å². The molecule has 0 atom stereocenters. The van der Waals surface area contributed by atoms with E-state index in [9.17, 15) is 14.9 Å². The molecule has 0 aromatic heterocycles. The van der Waals surface area contributed by atoms with E-state index in [-0.39, 0.29) is 30.9 Å². The summed E-state index contributed by atoms with van der Waals surface area (Å²) >= 11 is 0.895. The van der Waals surface area contributed by atoms with E-state index >= 15 is 0 Å². The second kappa shape index (κ2) is 11.5. The predicted octanol–water partition coefficient (Wildman–Crippen LogP) is 5.57. The van der Waals surface area contributed by atoms with Crippen LogP contribution in [0.15, 0.2) is 71.6 Å². The number of rotatable bonds is 9. The summed E-state index contributed by atoms with van der Waals surface area (Å²) in [6, 6.07) is 22.2. The van der Waals surface area contributed by atoms with Gasteiger partial charge in [0, 0.05) is 5.56 Å². The van der Waals surface area contributed by atoms with E-state index in [4.69, 9.17) is 14.2 Å². The lowest BCUT2D eigenvalue weighted by Crippen LogP contribution is -2.32. The Labute approximate surface area is 213 Å². The van der Waals surface area contributed by atoms with Crippen LogP contribution < -0.4 is 14.2 Å². The van der Waals surface area contributed by atoms with Crippen molar-refractivity contribution in [2.75, 3.05) is 20.3 Å². The summed E-state index contributed by atoms with van der Waals surface area (Å²) in [7, 11) is 1.53. The zero-order valence-electron chi connectivity index (χ0n) is 19.9. The van der Waals surface area contributed by atoms with Gasteiger partial charge < -0.3 is 14.2 Å². The monoisotopic (exact) mass is 500 g/mol. The van der Waals surface area contributed by atoms with E-state index in [0.29, 0.717) is 33.3 Å². The molecule has 0 bridgehead atoms. The summed E-state index contributed by atoms with van der Waals surface area (Å²) in [5, 5.41) is 8.93. The average Bonchev–Trinajstić information content (AvgIpc) is 3.15. The number of ether oxygens (including phenoxy) is 3. The molecule has 0 unspecified atom stereocenters. The topological polar surface area (TPSA) is 88.9 Å². The van der Waals surface area contributed by atoms with Gasteiger partial charge in [0.2, 0.25) is 0 Å². The van der Waals surface area contributed by atoms with E-state index in [1.165, 1.54) is 12.0 Å². The fraction of sp³-hybridized carbons (Fsp3) is 0.179. The molecule has 4 rings (SSSR count). The van der Waals surface area contributed by atoms with Gasteiger partial charge in [-0.3, -0.25) is 14.5 Å². The number of hydrogen-bond acceptors (Lipinski definition) is 7. The highest BCUT2D eigenvalue weighted by molar-refractivity contribution is 8.18. The zero-order chi connectivity index (χ0) is 25.5. The van der Waals surface area contributed by atoms with Crippen LogP contribution in [-0.2, 0) is 11.4 Å². The lowest BCUT2D eigenvalue weighted by molar-refractivity contribution is -0.123. The van der Waals surface area contributed by atoms with Crippen molar-refractivity contribution in [3.8, 4) is 23.3 Å². The summed E-state index contributed by atoms with van der Waals surface area (Å²) in [6.07, 6.45) is 1.66. The molecule has 0 aliphatic carbocycles. The number of methoxy groups -OCH3 is 1. The molecule has 7 nitrogen and oxygen atoms in total. The van der Waals surface area contributed by atoms with Crippen molar-refractivity contribution in [1.82, 2.24) is 4.90 Å². The van der Waals surface area contributed by atoms with Gasteiger partial charge in [0.25, 0.3) is 11.1 Å². The van der Waals surface area contributed by atoms with Crippen molar-refractivity contribution in [3.05, 3.63) is 93.9 Å². The largest absolute Gasteiger partial charge is 0.493 e. The summed E-state index contributed by atoms with van der Waals surface area (Å²) in [6.45, 7) is 2.55. The molecule has 0 saturated carbocycles. The quantitative estimate of drug-likeness (QED) is 0.355. The van der Waals surface area contributed by atoms with Crippen molar-refractivity contribution in [2.45, 2.75) is 13.5 Å². The number of benzene rings is 3. The number of nitrogens with zero attached hydrogens (tertiary/aromatic N) is 2. The number of carbonyl (C=O) groups excluding carboxylic acids is 2. The molecule has 0 spiro atoms. The van der Waals surface area contributed by atoms with Crippen LogP contribution in [-0.4, -0.2) is 36.3 Å². The van der Waals surface area contributed by atoms with Gasteiger partial charge >= 0.3 is 0 Å². The van der Waals surface area contributed by atoms with Gasteiger partial charge in [-0.25, -0.2) is 0 Å². The van der Waals surface area contributed by atoms with Crippen LogP contribution in [0.2, 0.25) is 0 Å². The van der Waals surface area contributed by atoms with Gasteiger partial charge in [-0.15, -0.1) is 0 Å². The number of amides is 2. The molecule has 1 heterocycles.